The molecular weight excluding hydrogens is 230 g/mol. The first kappa shape index (κ1) is 13.5. The predicted octanol–water partition coefficient (Wildman–Crippen LogP) is 1.58. The zero-order valence-electron chi connectivity index (χ0n) is 11.3. The van der Waals surface area contributed by atoms with Crippen LogP contribution in [0.2, 0.25) is 0 Å². The summed E-state index contributed by atoms with van der Waals surface area (Å²) < 4.78 is 10.6. The van der Waals surface area contributed by atoms with E-state index in [1.165, 1.54) is 12.8 Å². The van der Waals surface area contributed by atoms with Crippen LogP contribution in [0.1, 0.15) is 38.4 Å². The van der Waals surface area contributed by atoms with Crippen molar-refractivity contribution < 1.29 is 9.26 Å². The number of nitrogens with one attached hydrogen (secondary N) is 1. The molecule has 0 bridgehead atoms. The molecule has 5 heteroatoms. The Hall–Kier alpha value is -0.940. The Kier molecular flexibility index (Phi) is 5.13. The summed E-state index contributed by atoms with van der Waals surface area (Å²) in [5.41, 5.74) is 0. The molecule has 1 aromatic rings. The first-order chi connectivity index (χ1) is 8.83. The van der Waals surface area contributed by atoms with E-state index in [2.05, 4.69) is 22.4 Å². The Balaban J connectivity index is 1.80. The minimum absolute atomic E-state index is 0.496. The average Bonchev–Trinajstić information content (AvgIpc) is 3.12. The van der Waals surface area contributed by atoms with E-state index in [0.29, 0.717) is 12.6 Å². The molecule has 1 atom stereocenters. The van der Waals surface area contributed by atoms with E-state index < -0.39 is 0 Å². The molecule has 2 rings (SSSR count). The number of rotatable bonds is 9. The Bertz CT molecular complexity index is 350. The number of nitrogens with zero attached hydrogens (tertiary/aromatic N) is 2. The van der Waals surface area contributed by atoms with E-state index in [0.717, 1.165) is 43.6 Å². The summed E-state index contributed by atoms with van der Waals surface area (Å²) in [6.45, 7) is 6.51. The van der Waals surface area contributed by atoms with Gasteiger partial charge >= 0.3 is 0 Å². The lowest BCUT2D eigenvalue weighted by atomic mass is 10.1. The van der Waals surface area contributed by atoms with Gasteiger partial charge in [0.25, 0.3) is 0 Å². The Labute approximate surface area is 108 Å². The van der Waals surface area contributed by atoms with E-state index in [1.54, 1.807) is 0 Å². The summed E-state index contributed by atoms with van der Waals surface area (Å²) >= 11 is 0. The van der Waals surface area contributed by atoms with Crippen molar-refractivity contribution >= 4 is 0 Å². The molecule has 0 spiro atoms. The third-order valence-electron chi connectivity index (χ3n) is 3.24. The van der Waals surface area contributed by atoms with Gasteiger partial charge < -0.3 is 14.6 Å². The number of hydrogen-bond donors (Lipinski definition) is 1. The molecule has 1 unspecified atom stereocenters. The molecule has 1 N–H and O–H groups in total. The highest BCUT2D eigenvalue weighted by molar-refractivity contribution is 4.95. The van der Waals surface area contributed by atoms with Crippen LogP contribution < -0.4 is 5.32 Å². The zero-order valence-corrected chi connectivity index (χ0v) is 11.3. The fourth-order valence-electron chi connectivity index (χ4n) is 2.14. The van der Waals surface area contributed by atoms with Gasteiger partial charge in [-0.3, -0.25) is 0 Å². The van der Waals surface area contributed by atoms with E-state index in [-0.39, 0.29) is 0 Å². The van der Waals surface area contributed by atoms with Crippen LogP contribution in [0.3, 0.4) is 0 Å². The van der Waals surface area contributed by atoms with Gasteiger partial charge in [0, 0.05) is 25.5 Å². The van der Waals surface area contributed by atoms with Crippen LogP contribution in [-0.2, 0) is 17.6 Å². The van der Waals surface area contributed by atoms with Crippen LogP contribution in [0, 0.1) is 5.92 Å². The van der Waals surface area contributed by atoms with Crippen molar-refractivity contribution in [3.63, 3.8) is 0 Å². The van der Waals surface area contributed by atoms with E-state index in [1.807, 2.05) is 6.92 Å². The highest BCUT2D eigenvalue weighted by atomic mass is 16.5. The summed E-state index contributed by atoms with van der Waals surface area (Å²) in [5, 5.41) is 7.49. The molecule has 1 aromatic heterocycles. The van der Waals surface area contributed by atoms with Crippen molar-refractivity contribution in [1.29, 1.82) is 0 Å². The summed E-state index contributed by atoms with van der Waals surface area (Å²) in [5.74, 6) is 2.30. The molecule has 1 aliphatic rings. The van der Waals surface area contributed by atoms with Crippen molar-refractivity contribution in [2.45, 2.75) is 45.6 Å². The van der Waals surface area contributed by atoms with Gasteiger partial charge in [0.1, 0.15) is 0 Å². The van der Waals surface area contributed by atoms with Crippen LogP contribution in [0.4, 0.5) is 0 Å². The fourth-order valence-corrected chi connectivity index (χ4v) is 2.14. The SMILES string of the molecule is CCNC(Cc1nc(CCOCC)no1)C1CC1. The van der Waals surface area contributed by atoms with Gasteiger partial charge in [0.15, 0.2) is 5.82 Å². The van der Waals surface area contributed by atoms with Crippen molar-refractivity contribution in [2.75, 3.05) is 19.8 Å². The monoisotopic (exact) mass is 253 g/mol. The summed E-state index contributed by atoms with van der Waals surface area (Å²) in [7, 11) is 0. The van der Waals surface area contributed by atoms with E-state index >= 15 is 0 Å². The highest BCUT2D eigenvalue weighted by Crippen LogP contribution is 2.33. The molecule has 1 heterocycles. The molecule has 0 saturated heterocycles. The van der Waals surface area contributed by atoms with Crippen LogP contribution in [0.5, 0.6) is 0 Å². The molecule has 18 heavy (non-hydrogen) atoms. The van der Waals surface area contributed by atoms with Gasteiger partial charge in [-0.15, -0.1) is 0 Å². The van der Waals surface area contributed by atoms with E-state index in [9.17, 15) is 0 Å². The van der Waals surface area contributed by atoms with Crippen LogP contribution in [0.15, 0.2) is 4.52 Å². The molecule has 0 amide bonds. The molecule has 1 aliphatic carbocycles. The molecule has 1 saturated carbocycles. The smallest absolute Gasteiger partial charge is 0.228 e. The molecule has 0 radical (unpaired) electrons. The maximum atomic E-state index is 5.29. The van der Waals surface area contributed by atoms with Gasteiger partial charge in [-0.1, -0.05) is 12.1 Å². The van der Waals surface area contributed by atoms with Gasteiger partial charge in [-0.05, 0) is 32.2 Å². The second-order valence-corrected chi connectivity index (χ2v) is 4.76. The Morgan fingerprint density at radius 3 is 2.94 bits per heavy atom. The topological polar surface area (TPSA) is 60.2 Å². The van der Waals surface area contributed by atoms with Crippen molar-refractivity contribution in [2.24, 2.45) is 5.92 Å². The summed E-state index contributed by atoms with van der Waals surface area (Å²) in [6.07, 6.45) is 4.22. The van der Waals surface area contributed by atoms with Gasteiger partial charge in [-0.2, -0.15) is 4.98 Å². The molecule has 1 fully saturated rings. The molecular formula is C13H23N3O2. The number of aromatic nitrogens is 2. The standard InChI is InChI=1S/C13H23N3O2/c1-3-14-11(10-5-6-10)9-13-15-12(16-18-13)7-8-17-4-2/h10-11,14H,3-9H2,1-2H3. The van der Waals surface area contributed by atoms with Gasteiger partial charge in [-0.25, -0.2) is 0 Å². The number of ether oxygens (including phenoxy) is 1. The highest BCUT2D eigenvalue weighted by Gasteiger charge is 2.31. The Morgan fingerprint density at radius 1 is 1.44 bits per heavy atom. The van der Waals surface area contributed by atoms with E-state index in [4.69, 9.17) is 9.26 Å². The second-order valence-electron chi connectivity index (χ2n) is 4.76. The zero-order chi connectivity index (χ0) is 12.8. The molecule has 102 valence electrons. The van der Waals surface area contributed by atoms with Crippen molar-refractivity contribution in [3.05, 3.63) is 11.7 Å². The summed E-state index contributed by atoms with van der Waals surface area (Å²) in [4.78, 5) is 4.42. The van der Waals surface area contributed by atoms with Crippen molar-refractivity contribution in [1.82, 2.24) is 15.5 Å². The minimum Gasteiger partial charge on any atom is -0.381 e. The lowest BCUT2D eigenvalue weighted by Gasteiger charge is -2.14. The third kappa shape index (κ3) is 4.07. The molecule has 5 nitrogen and oxygen atoms in total. The first-order valence-corrected chi connectivity index (χ1v) is 6.96. The maximum absolute atomic E-state index is 5.29. The normalized spacial score (nSPS) is 17.0. The van der Waals surface area contributed by atoms with Crippen LogP contribution >= 0.6 is 0 Å². The molecule has 0 aromatic carbocycles. The third-order valence-corrected chi connectivity index (χ3v) is 3.24. The lowest BCUT2D eigenvalue weighted by molar-refractivity contribution is 0.149. The second kappa shape index (κ2) is 6.85. The van der Waals surface area contributed by atoms with Gasteiger partial charge in [0.05, 0.1) is 6.61 Å². The quantitative estimate of drug-likeness (QED) is 0.677. The van der Waals surface area contributed by atoms with Crippen LogP contribution in [-0.4, -0.2) is 35.9 Å². The first-order valence-electron chi connectivity index (χ1n) is 6.96. The molecule has 0 aliphatic heterocycles. The number of likely N-dealkylation sites (N-methyl/N-ethyl adjacent to an activating group) is 1. The average molecular weight is 253 g/mol. The van der Waals surface area contributed by atoms with Crippen molar-refractivity contribution in [3.8, 4) is 0 Å². The van der Waals surface area contributed by atoms with Gasteiger partial charge in [0.2, 0.25) is 5.89 Å². The van der Waals surface area contributed by atoms with Crippen LogP contribution in [0.25, 0.3) is 0 Å². The fraction of sp³-hybridized carbons (Fsp3) is 0.846. The Morgan fingerprint density at radius 2 is 2.28 bits per heavy atom. The lowest BCUT2D eigenvalue weighted by Crippen LogP contribution is -2.33. The largest absolute Gasteiger partial charge is 0.381 e. The number of hydrogen-bond acceptors (Lipinski definition) is 5. The summed E-state index contributed by atoms with van der Waals surface area (Å²) in [6, 6.07) is 0.496. The predicted molar refractivity (Wildman–Crippen MR) is 68.4 cm³/mol. The maximum Gasteiger partial charge on any atom is 0.228 e. The minimum atomic E-state index is 0.496.